The van der Waals surface area contributed by atoms with E-state index in [9.17, 15) is 29.7 Å². The maximum absolute atomic E-state index is 13.3. The van der Waals surface area contributed by atoms with Crippen molar-refractivity contribution in [2.45, 2.75) is 56.7 Å². The molecule has 1 aliphatic rings. The minimum atomic E-state index is -1.11. The third-order valence-corrected chi connectivity index (χ3v) is 6.01. The van der Waals surface area contributed by atoms with Gasteiger partial charge in [-0.25, -0.2) is 4.79 Å². The number of carbonyl (C=O) groups excluding carboxylic acids is 1. The number of phenolic OH excluding ortho intramolecular Hbond substituents is 1. The molecule has 0 aromatic heterocycles. The summed E-state index contributed by atoms with van der Waals surface area (Å²) in [4.78, 5) is 38.6. The number of hydrogen-bond donors (Lipinski definition) is 4. The minimum Gasteiger partial charge on any atom is -0.508 e. The zero-order valence-electron chi connectivity index (χ0n) is 18.4. The van der Waals surface area contributed by atoms with Crippen LogP contribution in [0.25, 0.3) is 0 Å². The van der Waals surface area contributed by atoms with Crippen LogP contribution in [0.5, 0.6) is 5.75 Å². The summed E-state index contributed by atoms with van der Waals surface area (Å²) < 4.78 is 0. The van der Waals surface area contributed by atoms with Crippen molar-refractivity contribution in [1.82, 2.24) is 10.2 Å². The van der Waals surface area contributed by atoms with Gasteiger partial charge in [-0.2, -0.15) is 0 Å². The van der Waals surface area contributed by atoms with Gasteiger partial charge in [-0.05, 0) is 55.4 Å². The summed E-state index contributed by atoms with van der Waals surface area (Å²) >= 11 is 0. The van der Waals surface area contributed by atoms with Crippen LogP contribution in [-0.4, -0.2) is 62.7 Å². The number of hydrogen-bond acceptors (Lipinski definition) is 5. The van der Waals surface area contributed by atoms with Gasteiger partial charge in [-0.15, -0.1) is 0 Å². The normalized spacial score (nSPS) is 18.4. The van der Waals surface area contributed by atoms with E-state index in [1.54, 1.807) is 12.1 Å². The summed E-state index contributed by atoms with van der Waals surface area (Å²) in [7, 11) is 0. The smallest absolute Gasteiger partial charge is 0.326 e. The van der Waals surface area contributed by atoms with E-state index >= 15 is 0 Å². The highest BCUT2D eigenvalue weighted by molar-refractivity contribution is 5.88. The first-order valence-corrected chi connectivity index (χ1v) is 11.2. The molecular weight excluding hydrogens is 424 g/mol. The van der Waals surface area contributed by atoms with Crippen LogP contribution >= 0.6 is 0 Å². The molecule has 3 atom stereocenters. The second-order valence-electron chi connectivity index (χ2n) is 8.39. The average molecular weight is 455 g/mol. The number of aryl methyl sites for hydroxylation is 1. The number of amides is 1. The fourth-order valence-electron chi connectivity index (χ4n) is 4.19. The maximum atomic E-state index is 13.3. The molecule has 2 unspecified atom stereocenters. The van der Waals surface area contributed by atoms with E-state index in [0.717, 1.165) is 5.56 Å². The fourth-order valence-corrected chi connectivity index (χ4v) is 4.19. The first-order valence-electron chi connectivity index (χ1n) is 11.2. The number of carboxylic acid groups (broad SMARTS) is 2. The highest BCUT2D eigenvalue weighted by atomic mass is 16.4. The topological polar surface area (TPSA) is 127 Å². The molecule has 8 nitrogen and oxygen atoms in total. The van der Waals surface area contributed by atoms with Crippen LogP contribution in [0.15, 0.2) is 54.6 Å². The van der Waals surface area contributed by atoms with E-state index in [1.165, 1.54) is 17.0 Å². The molecular formula is C25H30N2O6. The largest absolute Gasteiger partial charge is 0.508 e. The van der Waals surface area contributed by atoms with Crippen molar-refractivity contribution in [3.05, 3.63) is 65.7 Å². The Morgan fingerprint density at radius 3 is 2.30 bits per heavy atom. The lowest BCUT2D eigenvalue weighted by Crippen LogP contribution is -2.55. The zero-order chi connectivity index (χ0) is 23.8. The third kappa shape index (κ3) is 6.79. The van der Waals surface area contributed by atoms with E-state index in [1.807, 2.05) is 30.3 Å². The van der Waals surface area contributed by atoms with Crippen molar-refractivity contribution in [1.29, 1.82) is 0 Å². The number of aromatic hydroxyl groups is 1. The van der Waals surface area contributed by atoms with E-state index in [2.05, 4.69) is 5.32 Å². The molecule has 1 fully saturated rings. The molecule has 4 N–H and O–H groups in total. The van der Waals surface area contributed by atoms with Crippen LogP contribution in [0.4, 0.5) is 0 Å². The number of phenols is 1. The molecule has 33 heavy (non-hydrogen) atoms. The van der Waals surface area contributed by atoms with Crippen LogP contribution in [-0.2, 0) is 27.2 Å². The van der Waals surface area contributed by atoms with Crippen LogP contribution in [0.1, 0.15) is 36.8 Å². The number of rotatable bonds is 10. The van der Waals surface area contributed by atoms with E-state index in [0.29, 0.717) is 44.2 Å². The van der Waals surface area contributed by atoms with E-state index < -0.39 is 30.1 Å². The molecule has 8 heteroatoms. The predicted molar refractivity (Wildman–Crippen MR) is 122 cm³/mol. The van der Waals surface area contributed by atoms with Gasteiger partial charge in [-0.1, -0.05) is 42.5 Å². The van der Waals surface area contributed by atoms with Crippen molar-refractivity contribution in [3.8, 4) is 5.75 Å². The molecule has 2 aromatic rings. The molecule has 0 saturated carbocycles. The van der Waals surface area contributed by atoms with Crippen LogP contribution < -0.4 is 5.32 Å². The van der Waals surface area contributed by atoms with Crippen LogP contribution in [0.3, 0.4) is 0 Å². The number of carbonyl (C=O) groups is 3. The fraction of sp³-hybridized carbons (Fsp3) is 0.400. The molecule has 3 rings (SSSR count). The second-order valence-corrected chi connectivity index (χ2v) is 8.39. The van der Waals surface area contributed by atoms with Gasteiger partial charge in [0, 0.05) is 13.0 Å². The average Bonchev–Trinajstić information content (AvgIpc) is 2.97. The second kappa shape index (κ2) is 11.5. The number of carboxylic acids is 2. The Kier molecular flexibility index (Phi) is 8.43. The van der Waals surface area contributed by atoms with E-state index in [-0.39, 0.29) is 18.1 Å². The molecule has 1 heterocycles. The SMILES string of the molecule is O=C(O)C(CCc1ccccc1)N[C@H]1CCCCN(C(Cc2ccc(O)cc2)C(=O)O)C1=O. The van der Waals surface area contributed by atoms with Crippen LogP contribution in [0.2, 0.25) is 0 Å². The van der Waals surface area contributed by atoms with Gasteiger partial charge < -0.3 is 20.2 Å². The standard InChI is InChI=1S/C25H30N2O6/c28-19-12-9-18(10-13-19)16-22(25(32)33)27-15-5-4-8-20(23(27)29)26-21(24(30)31)14-11-17-6-2-1-3-7-17/h1-3,6-7,9-10,12-13,20-22,26,28H,4-5,8,11,14-16H2,(H,30,31)(H,32,33)/t20-,21?,22?/m0/s1. The van der Waals surface area contributed by atoms with Gasteiger partial charge in [0.05, 0.1) is 6.04 Å². The highest BCUT2D eigenvalue weighted by Crippen LogP contribution is 2.20. The Balaban J connectivity index is 1.72. The lowest BCUT2D eigenvalue weighted by Gasteiger charge is -2.31. The van der Waals surface area contributed by atoms with Gasteiger partial charge in [0.2, 0.25) is 5.91 Å². The number of likely N-dealkylation sites (tertiary alicyclic amines) is 1. The molecule has 176 valence electrons. The minimum absolute atomic E-state index is 0.0796. The maximum Gasteiger partial charge on any atom is 0.326 e. The Hall–Kier alpha value is -3.39. The van der Waals surface area contributed by atoms with Gasteiger partial charge >= 0.3 is 11.9 Å². The van der Waals surface area contributed by atoms with Crippen molar-refractivity contribution < 1.29 is 29.7 Å². The number of nitrogens with zero attached hydrogens (tertiary/aromatic N) is 1. The summed E-state index contributed by atoms with van der Waals surface area (Å²) in [6.07, 6.45) is 2.76. The third-order valence-electron chi connectivity index (χ3n) is 6.01. The van der Waals surface area contributed by atoms with Crippen molar-refractivity contribution >= 4 is 17.8 Å². The number of nitrogens with one attached hydrogen (secondary N) is 1. The molecule has 0 aliphatic carbocycles. The molecule has 0 bridgehead atoms. The molecule has 1 aliphatic heterocycles. The monoisotopic (exact) mass is 454 g/mol. The highest BCUT2D eigenvalue weighted by Gasteiger charge is 2.36. The first kappa shape index (κ1) is 24.3. The molecule has 0 radical (unpaired) electrons. The lowest BCUT2D eigenvalue weighted by atomic mass is 10.0. The van der Waals surface area contributed by atoms with Crippen molar-refractivity contribution in [2.24, 2.45) is 0 Å². The number of benzene rings is 2. The Morgan fingerprint density at radius 1 is 0.970 bits per heavy atom. The Labute approximate surface area is 192 Å². The predicted octanol–water partition coefficient (Wildman–Crippen LogP) is 2.44. The molecule has 2 aromatic carbocycles. The number of aliphatic carboxylic acids is 2. The molecule has 1 amide bonds. The summed E-state index contributed by atoms with van der Waals surface area (Å²) in [5, 5.41) is 32.0. The Bertz CT molecular complexity index is 947. The van der Waals surface area contributed by atoms with Gasteiger partial charge in [0.25, 0.3) is 0 Å². The van der Waals surface area contributed by atoms with Crippen molar-refractivity contribution in [2.75, 3.05) is 6.54 Å². The van der Waals surface area contributed by atoms with E-state index in [4.69, 9.17) is 0 Å². The molecule has 0 spiro atoms. The van der Waals surface area contributed by atoms with Crippen molar-refractivity contribution in [3.63, 3.8) is 0 Å². The zero-order valence-corrected chi connectivity index (χ0v) is 18.4. The summed E-state index contributed by atoms with van der Waals surface area (Å²) in [6.45, 7) is 0.299. The molecule has 1 saturated heterocycles. The summed E-state index contributed by atoms with van der Waals surface area (Å²) in [5.74, 6) is -2.45. The van der Waals surface area contributed by atoms with Crippen LogP contribution in [0, 0.1) is 0 Å². The first-order chi connectivity index (χ1) is 15.8. The summed E-state index contributed by atoms with van der Waals surface area (Å²) in [6, 6.07) is 13.0. The summed E-state index contributed by atoms with van der Waals surface area (Å²) in [5.41, 5.74) is 1.70. The van der Waals surface area contributed by atoms with Gasteiger partial charge in [-0.3, -0.25) is 14.9 Å². The lowest BCUT2D eigenvalue weighted by molar-refractivity contribution is -0.151. The quantitative estimate of drug-likeness (QED) is 0.434. The van der Waals surface area contributed by atoms with Gasteiger partial charge in [0.15, 0.2) is 0 Å². The van der Waals surface area contributed by atoms with Gasteiger partial charge in [0.1, 0.15) is 17.8 Å². The Morgan fingerprint density at radius 2 is 1.67 bits per heavy atom.